The van der Waals surface area contributed by atoms with Gasteiger partial charge in [-0.15, -0.1) is 0 Å². The van der Waals surface area contributed by atoms with Gasteiger partial charge in [0.25, 0.3) is 0 Å². The van der Waals surface area contributed by atoms with Crippen LogP contribution < -0.4 is 10.1 Å². The Morgan fingerprint density at radius 3 is 2.93 bits per heavy atom. The SMILES string of the molecule is C1=COc2c(ccc3ccccc23)[N]1. The summed E-state index contributed by atoms with van der Waals surface area (Å²) in [6.45, 7) is 0. The molecule has 14 heavy (non-hydrogen) atoms. The summed E-state index contributed by atoms with van der Waals surface area (Å²) >= 11 is 0. The molecule has 1 heterocycles. The Morgan fingerprint density at radius 1 is 1.00 bits per heavy atom. The van der Waals surface area contributed by atoms with Crippen molar-refractivity contribution >= 4 is 16.5 Å². The predicted octanol–water partition coefficient (Wildman–Crippen LogP) is 2.94. The van der Waals surface area contributed by atoms with Crippen LogP contribution in [0.15, 0.2) is 48.9 Å². The highest BCUT2D eigenvalue weighted by Crippen LogP contribution is 2.35. The van der Waals surface area contributed by atoms with Gasteiger partial charge >= 0.3 is 0 Å². The van der Waals surface area contributed by atoms with E-state index in [-0.39, 0.29) is 0 Å². The van der Waals surface area contributed by atoms with Crippen molar-refractivity contribution in [2.75, 3.05) is 0 Å². The third-order valence-electron chi connectivity index (χ3n) is 2.32. The van der Waals surface area contributed by atoms with E-state index in [1.165, 1.54) is 5.39 Å². The number of rotatable bonds is 0. The smallest absolute Gasteiger partial charge is 0.159 e. The van der Waals surface area contributed by atoms with Crippen LogP contribution in [0.3, 0.4) is 0 Å². The Kier molecular flexibility index (Phi) is 1.47. The van der Waals surface area contributed by atoms with E-state index in [1.807, 2.05) is 24.3 Å². The van der Waals surface area contributed by atoms with Gasteiger partial charge in [-0.1, -0.05) is 30.3 Å². The second kappa shape index (κ2) is 2.77. The Hall–Kier alpha value is -1.96. The van der Waals surface area contributed by atoms with Crippen molar-refractivity contribution in [1.82, 2.24) is 5.32 Å². The van der Waals surface area contributed by atoms with Crippen LogP contribution >= 0.6 is 0 Å². The third-order valence-corrected chi connectivity index (χ3v) is 2.32. The summed E-state index contributed by atoms with van der Waals surface area (Å²) in [7, 11) is 0. The standard InChI is InChI=1S/C12H8NO/c1-2-4-10-9(3-1)5-6-11-12(10)14-8-7-13-11/h1-8H. The molecule has 1 radical (unpaired) electrons. The Balaban J connectivity index is 2.37. The second-order valence-corrected chi connectivity index (χ2v) is 3.17. The average molecular weight is 182 g/mol. The Labute approximate surface area is 81.8 Å². The van der Waals surface area contributed by atoms with E-state index in [0.717, 1.165) is 16.8 Å². The molecule has 1 aliphatic heterocycles. The number of hydrogen-bond donors (Lipinski definition) is 0. The van der Waals surface area contributed by atoms with Crippen molar-refractivity contribution in [3.8, 4) is 5.75 Å². The van der Waals surface area contributed by atoms with Crippen molar-refractivity contribution in [2.24, 2.45) is 0 Å². The molecule has 0 atom stereocenters. The lowest BCUT2D eigenvalue weighted by Crippen LogP contribution is -1.98. The van der Waals surface area contributed by atoms with Crippen molar-refractivity contribution < 1.29 is 4.74 Å². The molecule has 2 nitrogen and oxygen atoms in total. The molecule has 0 aliphatic carbocycles. The maximum atomic E-state index is 5.46. The first-order valence-corrected chi connectivity index (χ1v) is 4.49. The van der Waals surface area contributed by atoms with Crippen LogP contribution in [-0.2, 0) is 0 Å². The first-order valence-electron chi connectivity index (χ1n) is 4.49. The quantitative estimate of drug-likeness (QED) is 0.614. The fraction of sp³-hybridized carbons (Fsp3) is 0. The molecule has 0 saturated heterocycles. The summed E-state index contributed by atoms with van der Waals surface area (Å²) in [6, 6.07) is 12.2. The topological polar surface area (TPSA) is 23.3 Å². The zero-order valence-corrected chi connectivity index (χ0v) is 7.47. The molecule has 0 fully saturated rings. The largest absolute Gasteiger partial charge is 0.460 e. The molecule has 3 rings (SSSR count). The summed E-state index contributed by atoms with van der Waals surface area (Å²) in [5, 5.41) is 6.52. The van der Waals surface area contributed by atoms with E-state index in [1.54, 1.807) is 12.5 Å². The molecule has 0 spiro atoms. The molecule has 2 heteroatoms. The zero-order valence-electron chi connectivity index (χ0n) is 7.47. The van der Waals surface area contributed by atoms with Crippen LogP contribution in [0.1, 0.15) is 0 Å². The van der Waals surface area contributed by atoms with E-state index in [9.17, 15) is 0 Å². The molecule has 0 saturated carbocycles. The summed E-state index contributed by atoms with van der Waals surface area (Å²) in [5.41, 5.74) is 0.895. The van der Waals surface area contributed by atoms with Crippen molar-refractivity contribution in [3.05, 3.63) is 48.9 Å². The minimum atomic E-state index is 0.852. The second-order valence-electron chi connectivity index (χ2n) is 3.17. The van der Waals surface area contributed by atoms with Gasteiger partial charge in [-0.3, -0.25) is 0 Å². The molecule has 0 bridgehead atoms. The maximum Gasteiger partial charge on any atom is 0.159 e. The summed E-state index contributed by atoms with van der Waals surface area (Å²) < 4.78 is 5.46. The minimum absolute atomic E-state index is 0.852. The lowest BCUT2D eigenvalue weighted by atomic mass is 10.1. The molecule has 0 amide bonds. The summed E-state index contributed by atoms with van der Waals surface area (Å²) in [6.07, 6.45) is 3.27. The van der Waals surface area contributed by atoms with Crippen molar-refractivity contribution in [2.45, 2.75) is 0 Å². The van der Waals surface area contributed by atoms with Gasteiger partial charge in [0, 0.05) is 5.39 Å². The van der Waals surface area contributed by atoms with Gasteiger partial charge in [0.1, 0.15) is 11.9 Å². The van der Waals surface area contributed by atoms with Gasteiger partial charge in [0.2, 0.25) is 0 Å². The van der Waals surface area contributed by atoms with Gasteiger partial charge in [-0.25, -0.2) is 5.32 Å². The first-order chi connectivity index (χ1) is 6.95. The monoisotopic (exact) mass is 182 g/mol. The van der Waals surface area contributed by atoms with Crippen molar-refractivity contribution in [1.29, 1.82) is 0 Å². The number of nitrogens with zero attached hydrogens (tertiary/aromatic N) is 1. The molecule has 0 unspecified atom stereocenters. The van der Waals surface area contributed by atoms with E-state index in [2.05, 4.69) is 17.4 Å². The normalized spacial score (nSPS) is 13.1. The van der Waals surface area contributed by atoms with Crippen LogP contribution in [0.5, 0.6) is 5.75 Å². The highest BCUT2D eigenvalue weighted by Gasteiger charge is 2.10. The molecular formula is C12H8NO. The molecule has 67 valence electrons. The highest BCUT2D eigenvalue weighted by molar-refractivity contribution is 5.92. The summed E-state index contributed by atoms with van der Waals surface area (Å²) in [4.78, 5) is 0. The lowest BCUT2D eigenvalue weighted by Gasteiger charge is -2.13. The Morgan fingerprint density at radius 2 is 1.93 bits per heavy atom. The highest BCUT2D eigenvalue weighted by atomic mass is 16.5. The third kappa shape index (κ3) is 0.973. The molecule has 2 aromatic rings. The fourth-order valence-electron chi connectivity index (χ4n) is 1.67. The van der Waals surface area contributed by atoms with Crippen LogP contribution in [0.25, 0.3) is 10.8 Å². The molecular weight excluding hydrogens is 174 g/mol. The maximum absolute atomic E-state index is 5.46. The van der Waals surface area contributed by atoms with Crippen LogP contribution in [0.4, 0.5) is 5.69 Å². The first kappa shape index (κ1) is 7.44. The minimum Gasteiger partial charge on any atom is -0.460 e. The molecule has 1 aliphatic rings. The van der Waals surface area contributed by atoms with Gasteiger partial charge in [0.15, 0.2) is 5.75 Å². The zero-order chi connectivity index (χ0) is 9.38. The van der Waals surface area contributed by atoms with Gasteiger partial charge in [-0.2, -0.15) is 0 Å². The summed E-state index contributed by atoms with van der Waals surface area (Å²) in [5.74, 6) is 0.852. The fourth-order valence-corrected chi connectivity index (χ4v) is 1.67. The van der Waals surface area contributed by atoms with E-state index in [0.29, 0.717) is 0 Å². The van der Waals surface area contributed by atoms with Gasteiger partial charge in [0.05, 0.1) is 6.20 Å². The van der Waals surface area contributed by atoms with Crippen LogP contribution in [0, 0.1) is 0 Å². The van der Waals surface area contributed by atoms with Gasteiger partial charge in [-0.05, 0) is 11.5 Å². The number of hydrogen-bond acceptors (Lipinski definition) is 1. The number of ether oxygens (including phenoxy) is 1. The lowest BCUT2D eigenvalue weighted by molar-refractivity contribution is 0.473. The Bertz CT molecular complexity index is 517. The molecule has 0 aromatic heterocycles. The number of fused-ring (bicyclic) bond motifs is 3. The van der Waals surface area contributed by atoms with E-state index >= 15 is 0 Å². The van der Waals surface area contributed by atoms with Gasteiger partial charge < -0.3 is 4.74 Å². The molecule has 2 aromatic carbocycles. The predicted molar refractivity (Wildman–Crippen MR) is 55.5 cm³/mol. The van der Waals surface area contributed by atoms with Crippen molar-refractivity contribution in [3.63, 3.8) is 0 Å². The average Bonchev–Trinajstić information content (AvgIpc) is 2.29. The van der Waals surface area contributed by atoms with E-state index in [4.69, 9.17) is 4.74 Å². The van der Waals surface area contributed by atoms with Crippen LogP contribution in [0.2, 0.25) is 0 Å². The van der Waals surface area contributed by atoms with E-state index < -0.39 is 0 Å². The number of benzene rings is 2. The molecule has 0 N–H and O–H groups in total. The van der Waals surface area contributed by atoms with Crippen LogP contribution in [-0.4, -0.2) is 0 Å².